The molecule has 0 amide bonds. The lowest BCUT2D eigenvalue weighted by Gasteiger charge is -2.22. The molecule has 0 fully saturated rings. The Hall–Kier alpha value is -1.44. The topological polar surface area (TPSA) is 18.5 Å². The molecule has 0 radical (unpaired) electrons. The van der Waals surface area contributed by atoms with Gasteiger partial charge in [0, 0.05) is 15.6 Å². The van der Waals surface area contributed by atoms with Gasteiger partial charge in [-0.1, -0.05) is 45.7 Å². The third kappa shape index (κ3) is 4.62. The molecule has 19 heavy (non-hydrogen) atoms. The van der Waals surface area contributed by atoms with Crippen LogP contribution in [0.2, 0.25) is 0 Å². The Morgan fingerprint density at radius 3 is 2.32 bits per heavy atom. The molecule has 1 aromatic carbocycles. The summed E-state index contributed by atoms with van der Waals surface area (Å²) < 4.78 is 32.2. The van der Waals surface area contributed by atoms with Crippen molar-refractivity contribution in [2.75, 3.05) is 14.2 Å². The van der Waals surface area contributed by atoms with E-state index in [1.165, 1.54) is 0 Å². The fourth-order valence-electron chi connectivity index (χ4n) is 1.87. The van der Waals surface area contributed by atoms with E-state index >= 15 is 0 Å². The van der Waals surface area contributed by atoms with Gasteiger partial charge in [-0.3, -0.25) is 0 Å². The molecule has 0 unspecified atom stereocenters. The number of ether oxygens (including phenoxy) is 2. The first-order chi connectivity index (χ1) is 10.2. The Bertz CT molecular complexity index is 483. The van der Waals surface area contributed by atoms with Crippen LogP contribution in [0, 0.1) is 0 Å². The highest BCUT2D eigenvalue weighted by Crippen LogP contribution is 2.32. The fraction of sp³-hybridized carbons (Fsp3) is 0.529. The summed E-state index contributed by atoms with van der Waals surface area (Å²) >= 11 is 0. The number of unbranched alkanes of at least 4 members (excludes halogenated alkanes) is 1. The van der Waals surface area contributed by atoms with Crippen molar-refractivity contribution in [2.45, 2.75) is 45.4 Å². The summed E-state index contributed by atoms with van der Waals surface area (Å²) in [5, 5.41) is 0. The second-order valence-electron chi connectivity index (χ2n) is 5.12. The van der Waals surface area contributed by atoms with Crippen molar-refractivity contribution < 1.29 is 13.6 Å². The van der Waals surface area contributed by atoms with Crippen LogP contribution in [0.1, 0.15) is 49.6 Å². The summed E-state index contributed by atoms with van der Waals surface area (Å²) in [5.41, 5.74) is 0.915. The average Bonchev–Trinajstić information content (AvgIpc) is 2.44. The van der Waals surface area contributed by atoms with Crippen LogP contribution in [0.4, 0.5) is 0 Å². The molecule has 0 saturated carbocycles. The van der Waals surface area contributed by atoms with Crippen molar-refractivity contribution in [3.05, 3.63) is 35.9 Å². The lowest BCUT2D eigenvalue weighted by atomic mass is 9.84. The van der Waals surface area contributed by atoms with Crippen LogP contribution < -0.4 is 9.47 Å². The zero-order chi connectivity index (χ0) is 16.8. The lowest BCUT2D eigenvalue weighted by molar-refractivity contribution is 0.392. The lowest BCUT2D eigenvalue weighted by Crippen LogP contribution is -2.13. The first kappa shape index (κ1) is 11.4. The average molecular weight is 265 g/mol. The van der Waals surface area contributed by atoms with Gasteiger partial charge in [-0.25, -0.2) is 0 Å². The normalized spacial score (nSPS) is 14.8. The van der Waals surface area contributed by atoms with E-state index < -0.39 is 6.85 Å². The molecule has 0 heterocycles. The van der Waals surface area contributed by atoms with Gasteiger partial charge in [0.05, 0.1) is 14.2 Å². The van der Waals surface area contributed by atoms with Crippen LogP contribution in [-0.2, 0) is 5.41 Å². The number of allylic oxidation sites excluding steroid dienone is 2. The molecule has 106 valence electrons. The number of hydrogen-bond acceptors (Lipinski definition) is 2. The van der Waals surface area contributed by atoms with Crippen LogP contribution in [0.3, 0.4) is 0 Å². The van der Waals surface area contributed by atoms with Gasteiger partial charge < -0.3 is 9.47 Å². The molecule has 0 aliphatic rings. The highest BCUT2D eigenvalue weighted by molar-refractivity contribution is 5.43. The maximum absolute atomic E-state index is 7.20. The molecule has 0 saturated heterocycles. The molecule has 2 nitrogen and oxygen atoms in total. The molecule has 0 atom stereocenters. The van der Waals surface area contributed by atoms with Crippen molar-refractivity contribution >= 4 is 0 Å². The van der Waals surface area contributed by atoms with Gasteiger partial charge in [-0.2, -0.15) is 0 Å². The van der Waals surface area contributed by atoms with Crippen molar-refractivity contribution in [2.24, 2.45) is 0 Å². The van der Waals surface area contributed by atoms with E-state index in [2.05, 4.69) is 26.0 Å². The van der Waals surface area contributed by atoms with E-state index in [-0.39, 0.29) is 11.8 Å². The van der Waals surface area contributed by atoms with Gasteiger partial charge >= 0.3 is 0 Å². The summed E-state index contributed by atoms with van der Waals surface area (Å²) in [7, 11) is 3.27. The minimum Gasteiger partial charge on any atom is -0.497 e. The second-order valence-corrected chi connectivity index (χ2v) is 5.12. The van der Waals surface area contributed by atoms with Gasteiger partial charge in [0.1, 0.15) is 11.5 Å². The predicted molar refractivity (Wildman–Crippen MR) is 81.2 cm³/mol. The summed E-state index contributed by atoms with van der Waals surface area (Å²) in [4.78, 5) is 0. The standard InChI is InChI=1S/C17H26O2/c1-6-7-8-9-10-17(2,3)14-11-15(18-4)13-16(12-14)19-5/h9-13H,6-8H2,1-5H3/b10-9-/i1D3. The zero-order valence-electron chi connectivity index (χ0n) is 15.3. The Labute approximate surface area is 121 Å². The van der Waals surface area contributed by atoms with E-state index in [1.54, 1.807) is 14.2 Å². The van der Waals surface area contributed by atoms with Crippen molar-refractivity contribution in [3.8, 4) is 11.5 Å². The Balaban J connectivity index is 2.76. The van der Waals surface area contributed by atoms with Crippen molar-refractivity contribution in [1.29, 1.82) is 0 Å². The van der Waals surface area contributed by atoms with Gasteiger partial charge in [0.25, 0.3) is 0 Å². The van der Waals surface area contributed by atoms with E-state index in [4.69, 9.17) is 13.6 Å². The molecular formula is C17H26O2. The second kappa shape index (κ2) is 7.22. The molecular weight excluding hydrogens is 236 g/mol. The summed E-state index contributed by atoms with van der Waals surface area (Å²) in [6.07, 6.45) is 5.86. The summed E-state index contributed by atoms with van der Waals surface area (Å²) in [6.45, 7) is 2.40. The van der Waals surface area contributed by atoms with E-state index in [9.17, 15) is 0 Å². The smallest absolute Gasteiger partial charge is 0.122 e. The van der Waals surface area contributed by atoms with Gasteiger partial charge in [0.15, 0.2) is 0 Å². The SMILES string of the molecule is [2H]C([2H])([2H])CCC/C=C\C(C)(C)c1cc(OC)cc(OC)c1. The van der Waals surface area contributed by atoms with Crippen LogP contribution in [0.5, 0.6) is 11.5 Å². The third-order valence-electron chi connectivity index (χ3n) is 3.18. The molecule has 0 aliphatic carbocycles. The molecule has 0 spiro atoms. The molecule has 2 heteroatoms. The molecule has 0 aliphatic heterocycles. The Kier molecular flexibility index (Phi) is 4.33. The number of benzene rings is 1. The first-order valence-corrected chi connectivity index (χ1v) is 6.59. The van der Waals surface area contributed by atoms with E-state index in [0.29, 0.717) is 6.42 Å². The molecule has 0 bridgehead atoms. The largest absolute Gasteiger partial charge is 0.497 e. The number of hydrogen-bond donors (Lipinski definition) is 0. The first-order valence-electron chi connectivity index (χ1n) is 8.09. The predicted octanol–water partition coefficient (Wildman–Crippen LogP) is 4.73. The fourth-order valence-corrected chi connectivity index (χ4v) is 1.87. The highest BCUT2D eigenvalue weighted by Gasteiger charge is 2.18. The Morgan fingerprint density at radius 1 is 1.16 bits per heavy atom. The Morgan fingerprint density at radius 2 is 1.79 bits per heavy atom. The molecule has 1 rings (SSSR count). The third-order valence-corrected chi connectivity index (χ3v) is 3.18. The molecule has 0 N–H and O–H groups in total. The minimum absolute atomic E-state index is 0.179. The van der Waals surface area contributed by atoms with Crippen LogP contribution >= 0.6 is 0 Å². The van der Waals surface area contributed by atoms with Crippen LogP contribution in [0.25, 0.3) is 0 Å². The highest BCUT2D eigenvalue weighted by atomic mass is 16.5. The number of rotatable bonds is 7. The quantitative estimate of drug-likeness (QED) is 0.524. The monoisotopic (exact) mass is 265 g/mol. The van der Waals surface area contributed by atoms with Crippen LogP contribution in [0.15, 0.2) is 30.4 Å². The zero-order valence-corrected chi connectivity index (χ0v) is 12.3. The van der Waals surface area contributed by atoms with Gasteiger partial charge in [-0.05, 0) is 24.1 Å². The summed E-state index contributed by atoms with van der Waals surface area (Å²) in [6, 6.07) is 5.84. The van der Waals surface area contributed by atoms with Gasteiger partial charge in [0.2, 0.25) is 0 Å². The van der Waals surface area contributed by atoms with Gasteiger partial charge in [-0.15, -0.1) is 0 Å². The minimum atomic E-state index is -1.83. The molecule has 1 aromatic rings. The van der Waals surface area contributed by atoms with E-state index in [1.807, 2.05) is 18.2 Å². The van der Waals surface area contributed by atoms with Crippen LogP contribution in [-0.4, -0.2) is 14.2 Å². The number of methoxy groups -OCH3 is 2. The van der Waals surface area contributed by atoms with E-state index in [0.717, 1.165) is 23.5 Å². The van der Waals surface area contributed by atoms with Crippen molar-refractivity contribution in [1.82, 2.24) is 0 Å². The van der Waals surface area contributed by atoms with Crippen molar-refractivity contribution in [3.63, 3.8) is 0 Å². The summed E-state index contributed by atoms with van der Waals surface area (Å²) in [5.74, 6) is 1.52. The molecule has 0 aromatic heterocycles. The maximum atomic E-state index is 7.20. The maximum Gasteiger partial charge on any atom is 0.122 e.